The topological polar surface area (TPSA) is 105 Å². The summed E-state index contributed by atoms with van der Waals surface area (Å²) in [5, 5.41) is 14.4. The van der Waals surface area contributed by atoms with Gasteiger partial charge in [0.25, 0.3) is 0 Å². The molecule has 2 N–H and O–H groups in total. The van der Waals surface area contributed by atoms with Gasteiger partial charge in [0.1, 0.15) is 0 Å². The Morgan fingerprint density at radius 3 is 2.17 bits per heavy atom. The molecule has 0 bridgehead atoms. The Morgan fingerprint density at radius 2 is 1.59 bits per heavy atom. The highest BCUT2D eigenvalue weighted by Crippen LogP contribution is 2.28. The summed E-state index contributed by atoms with van der Waals surface area (Å²) < 4.78 is 39.3. The fourth-order valence-corrected chi connectivity index (χ4v) is 6.53. The van der Waals surface area contributed by atoms with Gasteiger partial charge < -0.3 is 19.9 Å². The molecule has 0 saturated carbocycles. The number of carbonyl (C=O) groups excluding carboxylic acids is 1. The minimum Gasteiger partial charge on any atom is -0.493 e. The zero-order valence-corrected chi connectivity index (χ0v) is 25.9. The first-order valence-electron chi connectivity index (χ1n) is 13.4. The largest absolute Gasteiger partial charge is 0.493 e. The van der Waals surface area contributed by atoms with E-state index >= 15 is 0 Å². The number of nitrogens with zero attached hydrogens (tertiary/aromatic N) is 1. The van der Waals surface area contributed by atoms with Crippen LogP contribution >= 0.6 is 11.8 Å². The lowest BCUT2D eigenvalue weighted by molar-refractivity contribution is -0.122. The molecule has 0 aliphatic carbocycles. The molecule has 10 heteroatoms. The van der Waals surface area contributed by atoms with Gasteiger partial charge in [-0.2, -0.15) is 4.31 Å². The van der Waals surface area contributed by atoms with Crippen molar-refractivity contribution in [3.05, 3.63) is 83.9 Å². The number of amides is 1. The lowest BCUT2D eigenvalue weighted by atomic mass is 10.00. The van der Waals surface area contributed by atoms with Gasteiger partial charge in [-0.25, -0.2) is 8.42 Å². The zero-order valence-electron chi connectivity index (χ0n) is 24.2. The van der Waals surface area contributed by atoms with Gasteiger partial charge in [0, 0.05) is 18.0 Å². The van der Waals surface area contributed by atoms with E-state index in [4.69, 9.17) is 9.47 Å². The monoisotopic (exact) mass is 600 g/mol. The Kier molecular flexibility index (Phi) is 12.1. The average Bonchev–Trinajstić information content (AvgIpc) is 2.96. The van der Waals surface area contributed by atoms with Gasteiger partial charge in [0.2, 0.25) is 15.9 Å². The molecule has 0 radical (unpaired) electrons. The van der Waals surface area contributed by atoms with E-state index in [0.717, 1.165) is 10.5 Å². The highest BCUT2D eigenvalue weighted by Gasteiger charge is 2.31. The molecule has 41 heavy (non-hydrogen) atoms. The number of hydrogen-bond donors (Lipinski definition) is 2. The summed E-state index contributed by atoms with van der Waals surface area (Å²) in [6, 6.07) is 20.7. The predicted octanol–water partition coefficient (Wildman–Crippen LogP) is 4.40. The molecule has 0 aliphatic heterocycles. The minimum absolute atomic E-state index is 0.0228. The van der Waals surface area contributed by atoms with Gasteiger partial charge >= 0.3 is 0 Å². The molecule has 0 saturated heterocycles. The van der Waals surface area contributed by atoms with Crippen molar-refractivity contribution in [2.75, 3.05) is 33.6 Å². The smallest absolute Gasteiger partial charge is 0.243 e. The van der Waals surface area contributed by atoms with Crippen molar-refractivity contribution in [3.8, 4) is 11.5 Å². The van der Waals surface area contributed by atoms with Gasteiger partial charge in [-0.3, -0.25) is 4.79 Å². The number of hydrogen-bond acceptors (Lipinski definition) is 7. The van der Waals surface area contributed by atoms with Crippen molar-refractivity contribution in [1.29, 1.82) is 0 Å². The van der Waals surface area contributed by atoms with Crippen LogP contribution in [0, 0.1) is 5.92 Å². The van der Waals surface area contributed by atoms with E-state index in [-0.39, 0.29) is 36.2 Å². The summed E-state index contributed by atoms with van der Waals surface area (Å²) in [6.07, 6.45) is 1.15. The lowest BCUT2D eigenvalue weighted by Crippen LogP contribution is -2.51. The molecule has 3 aromatic carbocycles. The Bertz CT molecular complexity index is 1370. The molecule has 3 aromatic rings. The quantitative estimate of drug-likeness (QED) is 0.249. The standard InChI is InChI=1S/C31H40N2O6S2/c1-22(2)20-33(41(36,37)26-14-12-25(40-5)13-15-26)21-28(34)27(17-23-9-7-6-8-10-23)32-31(35)19-24-11-16-29(38-3)30(18-24)39-4/h6-16,18,22,27-28,34H,17,19-21H2,1-5H3,(H,32,35)/t27-,28+/m0/s1. The Hall–Kier alpha value is -3.05. The first-order valence-corrected chi connectivity index (χ1v) is 16.1. The molecule has 0 fully saturated rings. The highest BCUT2D eigenvalue weighted by molar-refractivity contribution is 7.98. The van der Waals surface area contributed by atoms with Crippen LogP contribution in [0.4, 0.5) is 0 Å². The molecule has 222 valence electrons. The molecule has 0 aliphatic rings. The average molecular weight is 601 g/mol. The molecule has 2 atom stereocenters. The number of rotatable bonds is 15. The molecule has 0 unspecified atom stereocenters. The van der Waals surface area contributed by atoms with Crippen LogP contribution in [0.1, 0.15) is 25.0 Å². The van der Waals surface area contributed by atoms with Crippen LogP contribution in [-0.4, -0.2) is 69.4 Å². The molecule has 1 amide bonds. The SMILES string of the molecule is COc1ccc(CC(=O)N[C@@H](Cc2ccccc2)[C@H](O)CN(CC(C)C)S(=O)(=O)c2ccc(SC)cc2)cc1OC. The lowest BCUT2D eigenvalue weighted by Gasteiger charge is -2.31. The van der Waals surface area contributed by atoms with E-state index in [2.05, 4.69) is 5.32 Å². The Morgan fingerprint density at radius 1 is 0.927 bits per heavy atom. The van der Waals surface area contributed by atoms with Crippen molar-refractivity contribution in [2.24, 2.45) is 5.92 Å². The van der Waals surface area contributed by atoms with E-state index in [1.54, 1.807) is 49.6 Å². The number of carbonyl (C=O) groups is 1. The summed E-state index contributed by atoms with van der Waals surface area (Å²) >= 11 is 1.53. The van der Waals surface area contributed by atoms with Crippen molar-refractivity contribution in [2.45, 2.75) is 48.6 Å². The third-order valence-electron chi connectivity index (χ3n) is 6.58. The molecule has 0 aromatic heterocycles. The van der Waals surface area contributed by atoms with E-state index in [1.807, 2.05) is 50.4 Å². The first kappa shape index (κ1) is 32.5. The number of methoxy groups -OCH3 is 2. The Balaban J connectivity index is 1.84. The maximum absolute atomic E-state index is 13.7. The zero-order chi connectivity index (χ0) is 30.0. The van der Waals surface area contributed by atoms with Crippen molar-refractivity contribution >= 4 is 27.7 Å². The molecule has 8 nitrogen and oxygen atoms in total. The maximum Gasteiger partial charge on any atom is 0.243 e. The predicted molar refractivity (Wildman–Crippen MR) is 163 cm³/mol. The normalized spacial score (nSPS) is 13.2. The van der Waals surface area contributed by atoms with Crippen molar-refractivity contribution in [1.82, 2.24) is 9.62 Å². The number of ether oxygens (including phenoxy) is 2. The van der Waals surface area contributed by atoms with Crippen molar-refractivity contribution < 1.29 is 27.8 Å². The van der Waals surface area contributed by atoms with Crippen LogP contribution in [0.3, 0.4) is 0 Å². The number of aliphatic hydroxyl groups excluding tert-OH is 1. The van der Waals surface area contributed by atoms with E-state index < -0.39 is 22.2 Å². The maximum atomic E-state index is 13.7. The molecule has 0 spiro atoms. The Labute approximate surface area is 248 Å². The summed E-state index contributed by atoms with van der Waals surface area (Å²) in [5.41, 5.74) is 1.62. The van der Waals surface area contributed by atoms with Crippen molar-refractivity contribution in [3.63, 3.8) is 0 Å². The van der Waals surface area contributed by atoms with Crippen LogP contribution in [0.25, 0.3) is 0 Å². The second-order valence-electron chi connectivity index (χ2n) is 10.2. The first-order chi connectivity index (χ1) is 19.6. The van der Waals surface area contributed by atoms with E-state index in [1.165, 1.54) is 23.2 Å². The summed E-state index contributed by atoms with van der Waals surface area (Å²) in [7, 11) is -0.815. The highest BCUT2D eigenvalue weighted by atomic mass is 32.2. The summed E-state index contributed by atoms with van der Waals surface area (Å²) in [5.74, 6) is 0.792. The third-order valence-corrected chi connectivity index (χ3v) is 9.17. The van der Waals surface area contributed by atoms with Gasteiger partial charge in [-0.05, 0) is 66.1 Å². The van der Waals surface area contributed by atoms with Gasteiger partial charge in [0.05, 0.1) is 37.7 Å². The van der Waals surface area contributed by atoms with Crippen LogP contribution in [-0.2, 0) is 27.7 Å². The fraction of sp³-hybridized carbons (Fsp3) is 0.387. The number of sulfonamides is 1. The molecule has 0 heterocycles. The minimum atomic E-state index is -3.89. The van der Waals surface area contributed by atoms with Crippen LogP contribution in [0.15, 0.2) is 82.6 Å². The van der Waals surface area contributed by atoms with Crippen LogP contribution in [0.2, 0.25) is 0 Å². The second kappa shape index (κ2) is 15.3. The van der Waals surface area contributed by atoms with Crippen LogP contribution < -0.4 is 14.8 Å². The molecular formula is C31H40N2O6S2. The summed E-state index contributed by atoms with van der Waals surface area (Å²) in [4.78, 5) is 14.3. The third kappa shape index (κ3) is 9.22. The van der Waals surface area contributed by atoms with Gasteiger partial charge in [0.15, 0.2) is 11.5 Å². The van der Waals surface area contributed by atoms with E-state index in [0.29, 0.717) is 23.5 Å². The van der Waals surface area contributed by atoms with Gasteiger partial charge in [-0.15, -0.1) is 11.8 Å². The molecular weight excluding hydrogens is 560 g/mol. The van der Waals surface area contributed by atoms with E-state index in [9.17, 15) is 18.3 Å². The number of thioether (sulfide) groups is 1. The number of aliphatic hydroxyl groups is 1. The number of nitrogens with one attached hydrogen (secondary N) is 1. The van der Waals surface area contributed by atoms with Gasteiger partial charge in [-0.1, -0.05) is 50.2 Å². The number of benzene rings is 3. The fourth-order valence-electron chi connectivity index (χ4n) is 4.50. The molecule has 3 rings (SSSR count). The second-order valence-corrected chi connectivity index (χ2v) is 13.0. The van der Waals surface area contributed by atoms with Crippen LogP contribution in [0.5, 0.6) is 11.5 Å². The summed E-state index contributed by atoms with van der Waals surface area (Å²) in [6.45, 7) is 3.91.